The second-order valence-electron chi connectivity index (χ2n) is 3.07. The van der Waals surface area contributed by atoms with Crippen LogP contribution < -0.4 is 16.6 Å². The highest BCUT2D eigenvalue weighted by Gasteiger charge is 2.36. The summed E-state index contributed by atoms with van der Waals surface area (Å²) >= 11 is 0. The minimum absolute atomic E-state index is 0.456. The zero-order chi connectivity index (χ0) is 14.0. The Morgan fingerprint density at radius 2 is 1.61 bits per heavy atom. The predicted molar refractivity (Wildman–Crippen MR) is 49.4 cm³/mol. The van der Waals surface area contributed by atoms with Crippen molar-refractivity contribution in [2.45, 2.75) is 12.4 Å². The van der Waals surface area contributed by atoms with Crippen LogP contribution in [0.3, 0.4) is 0 Å². The number of alkyl halides is 6. The molecular weight excluding hydrogens is 268 g/mol. The van der Waals surface area contributed by atoms with Crippen LogP contribution >= 0.6 is 0 Å². The van der Waals surface area contributed by atoms with E-state index in [1.807, 2.05) is 0 Å². The van der Waals surface area contributed by atoms with Gasteiger partial charge in [0.15, 0.2) is 0 Å². The van der Waals surface area contributed by atoms with E-state index < -0.39 is 36.4 Å². The SMILES string of the molecule is NNc1cc(NCC(F)(F)F)nc(C(F)(F)F)n1. The Bertz CT molecular complexity index is 414. The molecule has 1 aromatic rings. The summed E-state index contributed by atoms with van der Waals surface area (Å²) in [6.45, 7) is -1.52. The van der Waals surface area contributed by atoms with Crippen LogP contribution in [0.4, 0.5) is 38.0 Å². The van der Waals surface area contributed by atoms with E-state index in [1.165, 1.54) is 0 Å². The molecule has 1 rings (SSSR count). The third-order valence-electron chi connectivity index (χ3n) is 1.60. The summed E-state index contributed by atoms with van der Waals surface area (Å²) < 4.78 is 72.6. The standard InChI is InChI=1S/C7H7F6N5/c8-6(9,10)2-15-3-1-4(18-14)17-5(16-3)7(11,12)13/h1H,2,14H2,(H2,15,16,17,18). The van der Waals surface area contributed by atoms with Crippen LogP contribution in [-0.4, -0.2) is 22.7 Å². The van der Waals surface area contributed by atoms with Gasteiger partial charge in [-0.2, -0.15) is 26.3 Å². The van der Waals surface area contributed by atoms with E-state index >= 15 is 0 Å². The lowest BCUT2D eigenvalue weighted by molar-refractivity contribution is -0.144. The molecule has 11 heteroatoms. The Balaban J connectivity index is 2.98. The van der Waals surface area contributed by atoms with Gasteiger partial charge in [-0.3, -0.25) is 0 Å². The second-order valence-corrected chi connectivity index (χ2v) is 3.07. The van der Waals surface area contributed by atoms with Gasteiger partial charge in [-0.25, -0.2) is 15.8 Å². The van der Waals surface area contributed by atoms with Crippen LogP contribution in [0, 0.1) is 0 Å². The highest BCUT2D eigenvalue weighted by atomic mass is 19.4. The van der Waals surface area contributed by atoms with Crippen molar-refractivity contribution in [2.24, 2.45) is 5.84 Å². The summed E-state index contributed by atoms with van der Waals surface area (Å²) in [7, 11) is 0. The molecule has 0 aliphatic heterocycles. The molecule has 0 fully saturated rings. The van der Waals surface area contributed by atoms with E-state index in [-0.39, 0.29) is 0 Å². The Kier molecular flexibility index (Phi) is 3.84. The van der Waals surface area contributed by atoms with Crippen LogP contribution in [0.5, 0.6) is 0 Å². The lowest BCUT2D eigenvalue weighted by atomic mass is 10.4. The third kappa shape index (κ3) is 4.24. The van der Waals surface area contributed by atoms with Crippen LogP contribution in [0.1, 0.15) is 5.82 Å². The van der Waals surface area contributed by atoms with Crippen molar-refractivity contribution in [3.05, 3.63) is 11.9 Å². The maximum atomic E-state index is 12.3. The molecular formula is C7H7F6N5. The Labute approximate surface area is 96.4 Å². The van der Waals surface area contributed by atoms with Gasteiger partial charge in [-0.1, -0.05) is 0 Å². The number of hydrogen-bond acceptors (Lipinski definition) is 5. The Morgan fingerprint density at radius 1 is 1.06 bits per heavy atom. The van der Waals surface area contributed by atoms with E-state index in [0.29, 0.717) is 0 Å². The first-order chi connectivity index (χ1) is 8.12. The molecule has 0 unspecified atom stereocenters. The maximum absolute atomic E-state index is 12.3. The first-order valence-electron chi connectivity index (χ1n) is 4.35. The van der Waals surface area contributed by atoms with Gasteiger partial charge in [0.25, 0.3) is 0 Å². The summed E-state index contributed by atoms with van der Waals surface area (Å²) in [5, 5.41) is 1.70. The first-order valence-corrected chi connectivity index (χ1v) is 4.35. The van der Waals surface area contributed by atoms with Gasteiger partial charge in [-0.05, 0) is 0 Å². The normalized spacial score (nSPS) is 12.4. The smallest absolute Gasteiger partial charge is 0.361 e. The quantitative estimate of drug-likeness (QED) is 0.445. The van der Waals surface area contributed by atoms with Gasteiger partial charge in [0.2, 0.25) is 5.82 Å². The summed E-state index contributed by atoms with van der Waals surface area (Å²) in [6, 6.07) is 0.820. The number of hydrazine groups is 1. The van der Waals surface area contributed by atoms with Gasteiger partial charge in [-0.15, -0.1) is 0 Å². The highest BCUT2D eigenvalue weighted by Crippen LogP contribution is 2.28. The molecule has 0 saturated carbocycles. The monoisotopic (exact) mass is 275 g/mol. The van der Waals surface area contributed by atoms with Crippen LogP contribution in [0.2, 0.25) is 0 Å². The third-order valence-corrected chi connectivity index (χ3v) is 1.60. The van der Waals surface area contributed by atoms with Crippen molar-refractivity contribution in [2.75, 3.05) is 17.3 Å². The van der Waals surface area contributed by atoms with Crippen molar-refractivity contribution in [1.29, 1.82) is 0 Å². The number of nitrogens with two attached hydrogens (primary N) is 1. The number of hydrogen-bond donors (Lipinski definition) is 3. The molecule has 0 aliphatic carbocycles. The number of anilines is 2. The highest BCUT2D eigenvalue weighted by molar-refractivity contribution is 5.47. The molecule has 18 heavy (non-hydrogen) atoms. The summed E-state index contributed by atoms with van der Waals surface area (Å²) in [5.74, 6) is 2.17. The molecule has 0 saturated heterocycles. The summed E-state index contributed by atoms with van der Waals surface area (Å²) in [6.07, 6.45) is -9.47. The minimum Gasteiger partial charge on any atom is -0.361 e. The van der Waals surface area contributed by atoms with Crippen molar-refractivity contribution in [3.8, 4) is 0 Å². The Hall–Kier alpha value is -1.78. The van der Waals surface area contributed by atoms with Gasteiger partial charge < -0.3 is 10.7 Å². The fourth-order valence-electron chi connectivity index (χ4n) is 0.929. The molecule has 5 nitrogen and oxygen atoms in total. The zero-order valence-electron chi connectivity index (χ0n) is 8.52. The van der Waals surface area contributed by atoms with E-state index in [1.54, 1.807) is 10.7 Å². The lowest BCUT2D eigenvalue weighted by Gasteiger charge is -2.12. The molecule has 0 bridgehead atoms. The molecule has 1 heterocycles. The average molecular weight is 275 g/mol. The number of nitrogen functional groups attached to an aromatic ring is 1. The van der Waals surface area contributed by atoms with Crippen LogP contribution in [0.15, 0.2) is 6.07 Å². The fraction of sp³-hybridized carbons (Fsp3) is 0.429. The second kappa shape index (κ2) is 4.84. The molecule has 4 N–H and O–H groups in total. The minimum atomic E-state index is -4.89. The summed E-state index contributed by atoms with van der Waals surface area (Å²) in [5.41, 5.74) is 1.80. The van der Waals surface area contributed by atoms with E-state index in [2.05, 4.69) is 9.97 Å². The molecule has 1 aromatic heterocycles. The average Bonchev–Trinajstić information content (AvgIpc) is 2.24. The number of rotatable bonds is 3. The van der Waals surface area contributed by atoms with Gasteiger partial charge in [0.1, 0.15) is 18.2 Å². The van der Waals surface area contributed by atoms with Crippen LogP contribution in [-0.2, 0) is 6.18 Å². The maximum Gasteiger partial charge on any atom is 0.451 e. The number of nitrogens with zero attached hydrogens (tertiary/aromatic N) is 2. The summed E-state index contributed by atoms with van der Waals surface area (Å²) in [4.78, 5) is 5.89. The zero-order valence-corrected chi connectivity index (χ0v) is 8.52. The molecule has 0 amide bonds. The molecule has 102 valence electrons. The van der Waals surface area contributed by atoms with Gasteiger partial charge in [0, 0.05) is 6.07 Å². The lowest BCUT2D eigenvalue weighted by Crippen LogP contribution is -2.23. The van der Waals surface area contributed by atoms with Crippen molar-refractivity contribution < 1.29 is 26.3 Å². The molecule has 0 spiro atoms. The van der Waals surface area contributed by atoms with Gasteiger partial charge >= 0.3 is 12.4 Å². The molecule has 0 aromatic carbocycles. The Morgan fingerprint density at radius 3 is 2.06 bits per heavy atom. The topological polar surface area (TPSA) is 75.9 Å². The number of aromatic nitrogens is 2. The molecule has 0 radical (unpaired) electrons. The predicted octanol–water partition coefficient (Wildman–Crippen LogP) is 1.76. The number of nitrogens with one attached hydrogen (secondary N) is 2. The molecule has 0 aliphatic rings. The number of halogens is 6. The van der Waals surface area contributed by atoms with E-state index in [4.69, 9.17) is 5.84 Å². The van der Waals surface area contributed by atoms with E-state index in [9.17, 15) is 26.3 Å². The fourth-order valence-corrected chi connectivity index (χ4v) is 0.929. The van der Waals surface area contributed by atoms with Gasteiger partial charge in [0.05, 0.1) is 0 Å². The van der Waals surface area contributed by atoms with E-state index in [0.717, 1.165) is 6.07 Å². The first kappa shape index (κ1) is 14.3. The molecule has 0 atom stereocenters. The largest absolute Gasteiger partial charge is 0.451 e. The van der Waals surface area contributed by atoms with Crippen molar-refractivity contribution in [1.82, 2.24) is 9.97 Å². The van der Waals surface area contributed by atoms with Crippen molar-refractivity contribution >= 4 is 11.6 Å². The van der Waals surface area contributed by atoms with Crippen molar-refractivity contribution in [3.63, 3.8) is 0 Å². The van der Waals surface area contributed by atoms with Crippen LogP contribution in [0.25, 0.3) is 0 Å².